The van der Waals surface area contributed by atoms with Gasteiger partial charge in [0.25, 0.3) is 0 Å². The molecule has 2 aliphatic heterocycles. The van der Waals surface area contributed by atoms with Gasteiger partial charge in [-0.05, 0) is 94.2 Å². The SMILES string of the molecule is CC1(C)CC(O[Si](C)(C)OC2CC(C)(C)N([O])C(C)(C)C2)CC(C)(C)N1[O]. The summed E-state index contributed by atoms with van der Waals surface area (Å²) >= 11 is 0. The van der Waals surface area contributed by atoms with Crippen molar-refractivity contribution in [1.82, 2.24) is 10.1 Å². The third-order valence-electron chi connectivity index (χ3n) is 6.01. The molecule has 0 aromatic heterocycles. The van der Waals surface area contributed by atoms with Crippen LogP contribution < -0.4 is 0 Å². The minimum absolute atomic E-state index is 0.0162. The number of rotatable bonds is 4. The molecule has 0 atom stereocenters. The molecule has 2 aliphatic rings. The first-order valence-electron chi connectivity index (χ1n) is 10.2. The summed E-state index contributed by atoms with van der Waals surface area (Å²) in [6.45, 7) is 20.1. The zero-order chi connectivity index (χ0) is 21.1. The Labute approximate surface area is 167 Å². The molecule has 27 heavy (non-hydrogen) atoms. The van der Waals surface area contributed by atoms with E-state index in [-0.39, 0.29) is 12.2 Å². The van der Waals surface area contributed by atoms with Gasteiger partial charge in [-0.1, -0.05) is 0 Å². The van der Waals surface area contributed by atoms with Crippen molar-refractivity contribution in [1.29, 1.82) is 0 Å². The highest BCUT2D eigenvalue weighted by Gasteiger charge is 2.50. The minimum atomic E-state index is -2.41. The van der Waals surface area contributed by atoms with Crippen molar-refractivity contribution in [2.24, 2.45) is 0 Å². The van der Waals surface area contributed by atoms with Gasteiger partial charge >= 0.3 is 8.56 Å². The summed E-state index contributed by atoms with van der Waals surface area (Å²) in [6, 6.07) is 0. The maximum atomic E-state index is 12.6. The fourth-order valence-corrected chi connectivity index (χ4v) is 7.33. The average molecular weight is 401 g/mol. The summed E-state index contributed by atoms with van der Waals surface area (Å²) < 4.78 is 13.0. The lowest BCUT2D eigenvalue weighted by Crippen LogP contribution is -2.62. The first-order valence-corrected chi connectivity index (χ1v) is 13.0. The van der Waals surface area contributed by atoms with Crippen LogP contribution >= 0.6 is 0 Å². The second kappa shape index (κ2) is 7.04. The number of nitrogens with zero attached hydrogens (tertiary/aromatic N) is 2. The second-order valence-corrected chi connectivity index (χ2v) is 14.8. The van der Waals surface area contributed by atoms with Crippen LogP contribution in [0.1, 0.15) is 81.1 Å². The van der Waals surface area contributed by atoms with Gasteiger partial charge in [0.2, 0.25) is 0 Å². The first kappa shape index (κ1) is 23.3. The van der Waals surface area contributed by atoms with E-state index in [1.165, 1.54) is 10.1 Å². The maximum absolute atomic E-state index is 12.6. The molecule has 2 radical (unpaired) electrons. The molecular formula is C20H40N2O4Si. The van der Waals surface area contributed by atoms with E-state index < -0.39 is 30.7 Å². The van der Waals surface area contributed by atoms with Gasteiger partial charge in [0.05, 0.1) is 12.2 Å². The van der Waals surface area contributed by atoms with Gasteiger partial charge < -0.3 is 8.85 Å². The number of hydrogen-bond acceptors (Lipinski definition) is 4. The highest BCUT2D eigenvalue weighted by molar-refractivity contribution is 6.64. The number of hydroxylamine groups is 4. The molecule has 0 aromatic carbocycles. The van der Waals surface area contributed by atoms with Gasteiger partial charge in [0.1, 0.15) is 0 Å². The van der Waals surface area contributed by atoms with E-state index in [2.05, 4.69) is 13.1 Å². The molecule has 0 saturated carbocycles. The highest BCUT2D eigenvalue weighted by Crippen LogP contribution is 2.41. The van der Waals surface area contributed by atoms with E-state index in [1.807, 2.05) is 55.4 Å². The van der Waals surface area contributed by atoms with E-state index in [4.69, 9.17) is 8.85 Å². The third-order valence-corrected chi connectivity index (χ3v) is 7.81. The van der Waals surface area contributed by atoms with Crippen molar-refractivity contribution in [2.75, 3.05) is 0 Å². The largest absolute Gasteiger partial charge is 0.391 e. The molecular weight excluding hydrogens is 360 g/mol. The summed E-state index contributed by atoms with van der Waals surface area (Å²) in [7, 11) is -2.41. The average Bonchev–Trinajstić information content (AvgIpc) is 2.39. The van der Waals surface area contributed by atoms with Crippen LogP contribution in [-0.4, -0.2) is 53.1 Å². The van der Waals surface area contributed by atoms with Crippen LogP contribution in [0.4, 0.5) is 0 Å². The lowest BCUT2D eigenvalue weighted by molar-refractivity contribution is -0.300. The van der Waals surface area contributed by atoms with E-state index >= 15 is 0 Å². The minimum Gasteiger partial charge on any atom is -0.391 e. The summed E-state index contributed by atoms with van der Waals surface area (Å²) in [5, 5.41) is 27.6. The molecule has 0 aliphatic carbocycles. The molecule has 0 amide bonds. The molecule has 2 saturated heterocycles. The molecule has 0 unspecified atom stereocenters. The van der Waals surface area contributed by atoms with Gasteiger partial charge in [-0.25, -0.2) is 0 Å². The van der Waals surface area contributed by atoms with Gasteiger partial charge in [-0.3, -0.25) is 0 Å². The van der Waals surface area contributed by atoms with Crippen molar-refractivity contribution < 1.29 is 19.3 Å². The van der Waals surface area contributed by atoms with Crippen molar-refractivity contribution in [3.63, 3.8) is 0 Å². The van der Waals surface area contributed by atoms with Crippen molar-refractivity contribution >= 4 is 8.56 Å². The Kier molecular flexibility index (Phi) is 6.06. The first-order chi connectivity index (χ1) is 11.9. The fourth-order valence-electron chi connectivity index (χ4n) is 5.34. The van der Waals surface area contributed by atoms with Crippen LogP contribution in [0.3, 0.4) is 0 Å². The summed E-state index contributed by atoms with van der Waals surface area (Å²) in [5.74, 6) is 0. The molecule has 2 fully saturated rings. The van der Waals surface area contributed by atoms with E-state index in [1.54, 1.807) is 0 Å². The Morgan fingerprint density at radius 2 is 0.852 bits per heavy atom. The van der Waals surface area contributed by atoms with Gasteiger partial charge in [0.15, 0.2) is 0 Å². The zero-order valence-electron chi connectivity index (χ0n) is 19.0. The molecule has 158 valence electrons. The maximum Gasteiger partial charge on any atom is 0.332 e. The van der Waals surface area contributed by atoms with Crippen molar-refractivity contribution in [3.05, 3.63) is 0 Å². The summed E-state index contributed by atoms with van der Waals surface area (Å²) in [6.07, 6.45) is 2.85. The number of hydrogen-bond donors (Lipinski definition) is 0. The highest BCUT2D eigenvalue weighted by atomic mass is 28.4. The third kappa shape index (κ3) is 5.13. The molecule has 2 heterocycles. The molecule has 6 nitrogen and oxygen atoms in total. The molecule has 7 heteroatoms. The smallest absolute Gasteiger partial charge is 0.332 e. The van der Waals surface area contributed by atoms with Crippen LogP contribution in [0.5, 0.6) is 0 Å². The van der Waals surface area contributed by atoms with Gasteiger partial charge in [0, 0.05) is 22.2 Å². The molecule has 0 N–H and O–H groups in total. The molecule has 0 aromatic rings. The van der Waals surface area contributed by atoms with E-state index in [0.717, 1.165) is 0 Å². The topological polar surface area (TPSA) is 64.7 Å². The van der Waals surface area contributed by atoms with Crippen LogP contribution in [-0.2, 0) is 19.3 Å². The van der Waals surface area contributed by atoms with Crippen molar-refractivity contribution in [2.45, 2.75) is 129 Å². The normalized spacial score (nSPS) is 29.8. The van der Waals surface area contributed by atoms with Gasteiger partial charge in [-0.15, -0.1) is 20.5 Å². The molecule has 0 spiro atoms. The van der Waals surface area contributed by atoms with E-state index in [9.17, 15) is 10.4 Å². The van der Waals surface area contributed by atoms with Crippen LogP contribution in [0.2, 0.25) is 13.1 Å². The van der Waals surface area contributed by atoms with E-state index in [0.29, 0.717) is 25.7 Å². The number of piperidine rings is 2. The Morgan fingerprint density at radius 1 is 0.630 bits per heavy atom. The summed E-state index contributed by atoms with van der Waals surface area (Å²) in [5.41, 5.74) is -1.80. The fraction of sp³-hybridized carbons (Fsp3) is 1.00. The van der Waals surface area contributed by atoms with Crippen molar-refractivity contribution in [3.8, 4) is 0 Å². The van der Waals surface area contributed by atoms with Crippen LogP contribution in [0.15, 0.2) is 0 Å². The Balaban J connectivity index is 2.07. The second-order valence-electron chi connectivity index (χ2n) is 11.5. The standard InChI is InChI=1S/C20H40N2O4Si/c1-17(2)11-15(12-18(3,4)21(17)23)25-27(9,10)26-16-13-19(5,6)22(24)20(7,8)14-16/h15-16H,11-14H2,1-10H3. The van der Waals surface area contributed by atoms with Gasteiger partial charge in [-0.2, -0.15) is 0 Å². The van der Waals surface area contributed by atoms with Crippen LogP contribution in [0, 0.1) is 0 Å². The predicted molar refractivity (Wildman–Crippen MR) is 107 cm³/mol. The lowest BCUT2D eigenvalue weighted by atomic mass is 9.80. The monoisotopic (exact) mass is 400 g/mol. The molecule has 2 rings (SSSR count). The Bertz CT molecular complexity index is 466. The Morgan fingerprint density at radius 3 is 1.07 bits per heavy atom. The zero-order valence-corrected chi connectivity index (χ0v) is 20.0. The van der Waals surface area contributed by atoms with Crippen LogP contribution in [0.25, 0.3) is 0 Å². The quantitative estimate of drug-likeness (QED) is 0.654. The summed E-state index contributed by atoms with van der Waals surface area (Å²) in [4.78, 5) is 0. The Hall–Kier alpha value is -0.0231. The lowest BCUT2D eigenvalue weighted by Gasteiger charge is -2.52. The molecule has 0 bridgehead atoms. The predicted octanol–water partition coefficient (Wildman–Crippen LogP) is 4.46.